The minimum absolute atomic E-state index is 0.469. The number of nitrogens with zero attached hydrogens (tertiary/aromatic N) is 2. The highest BCUT2D eigenvalue weighted by Crippen LogP contribution is 2.64. The highest BCUT2D eigenvalue weighted by molar-refractivity contribution is 6.21. The number of oxazole rings is 1. The van der Waals surface area contributed by atoms with Gasteiger partial charge in [-0.1, -0.05) is 164 Å². The molecule has 2 heterocycles. The average molecular weight is 817 g/mol. The van der Waals surface area contributed by atoms with Gasteiger partial charge < -0.3 is 13.7 Å². The van der Waals surface area contributed by atoms with Gasteiger partial charge in [-0.2, -0.15) is 0 Å². The Hall–Kier alpha value is -8.47. The van der Waals surface area contributed by atoms with E-state index in [1.165, 1.54) is 50.1 Å². The van der Waals surface area contributed by atoms with Gasteiger partial charge in [0.15, 0.2) is 5.58 Å². The number of benzene rings is 10. The molecule has 2 aromatic heterocycles. The van der Waals surface area contributed by atoms with Crippen molar-refractivity contribution in [3.8, 4) is 44.8 Å². The lowest BCUT2D eigenvalue weighted by Gasteiger charge is -2.31. The Bertz CT molecular complexity index is 3780. The van der Waals surface area contributed by atoms with Gasteiger partial charge in [0.2, 0.25) is 5.89 Å². The first kappa shape index (κ1) is 35.2. The van der Waals surface area contributed by atoms with Gasteiger partial charge in [0.25, 0.3) is 0 Å². The first-order chi connectivity index (χ1) is 31.7. The minimum atomic E-state index is -0.469. The summed E-state index contributed by atoms with van der Waals surface area (Å²) in [6, 6.07) is 78.6. The maximum Gasteiger partial charge on any atom is 0.228 e. The van der Waals surface area contributed by atoms with Gasteiger partial charge >= 0.3 is 0 Å². The summed E-state index contributed by atoms with van der Waals surface area (Å²) in [6.45, 7) is 0. The predicted octanol–water partition coefficient (Wildman–Crippen LogP) is 16.0. The van der Waals surface area contributed by atoms with E-state index >= 15 is 0 Å². The summed E-state index contributed by atoms with van der Waals surface area (Å²) in [4.78, 5) is 7.39. The Morgan fingerprint density at radius 3 is 1.81 bits per heavy atom. The molecule has 0 unspecified atom stereocenters. The Morgan fingerprint density at radius 1 is 0.406 bits per heavy atom. The molecule has 4 heteroatoms. The molecule has 1 spiro atoms. The molecule has 10 aromatic carbocycles. The third-order valence-electron chi connectivity index (χ3n) is 13.7. The fraction of sp³-hybridized carbons (Fsp3) is 0.0167. The van der Waals surface area contributed by atoms with E-state index < -0.39 is 5.41 Å². The summed E-state index contributed by atoms with van der Waals surface area (Å²) in [7, 11) is 0. The van der Waals surface area contributed by atoms with Crippen LogP contribution in [0, 0.1) is 0 Å². The lowest BCUT2D eigenvalue weighted by atomic mass is 9.70. The normalized spacial score (nSPS) is 13.1. The van der Waals surface area contributed by atoms with Gasteiger partial charge in [-0.05, 0) is 104 Å². The molecule has 0 saturated heterocycles. The summed E-state index contributed by atoms with van der Waals surface area (Å²) in [5.74, 6) is 0.575. The molecule has 0 aliphatic heterocycles. The zero-order valence-corrected chi connectivity index (χ0v) is 34.5. The van der Waals surface area contributed by atoms with Crippen molar-refractivity contribution >= 4 is 60.9 Å². The Balaban J connectivity index is 1.03. The molecule has 14 rings (SSSR count). The molecule has 0 atom stereocenters. The van der Waals surface area contributed by atoms with Crippen molar-refractivity contribution in [1.29, 1.82) is 0 Å². The second-order valence-corrected chi connectivity index (χ2v) is 17.0. The van der Waals surface area contributed by atoms with Gasteiger partial charge in [0, 0.05) is 44.7 Å². The van der Waals surface area contributed by atoms with Crippen molar-refractivity contribution in [3.05, 3.63) is 241 Å². The number of aromatic nitrogens is 1. The fourth-order valence-electron chi connectivity index (χ4n) is 11.1. The van der Waals surface area contributed by atoms with Crippen LogP contribution in [-0.4, -0.2) is 4.98 Å². The standard InChI is InChI=1S/C60H36N2O2/c1-2-15-37(16-3-1)38-29-31-40(32-30-38)62(53-27-14-25-51-57(53)45-21-8-11-24-50(45)60(51)48-22-9-6-19-43(48)44-20-7-10-23-49(44)60)41-33-34-46-55(36-41)63-58-42-18-5-4-17-39(42)35-47(56(46)58)59-61-52-26-12-13-28-54(52)64-59/h1-36H. The zero-order chi connectivity index (χ0) is 41.9. The molecule has 298 valence electrons. The first-order valence-electron chi connectivity index (χ1n) is 21.9. The number of para-hydroxylation sites is 2. The van der Waals surface area contributed by atoms with E-state index in [1.54, 1.807) is 0 Å². The molecule has 0 fully saturated rings. The minimum Gasteiger partial charge on any atom is -0.455 e. The molecular formula is C60H36N2O2. The highest BCUT2D eigenvalue weighted by atomic mass is 16.3. The molecule has 0 amide bonds. The van der Waals surface area contributed by atoms with Gasteiger partial charge in [0.1, 0.15) is 16.7 Å². The van der Waals surface area contributed by atoms with E-state index in [-0.39, 0.29) is 0 Å². The summed E-state index contributed by atoms with van der Waals surface area (Å²) < 4.78 is 13.5. The number of rotatable bonds is 5. The summed E-state index contributed by atoms with van der Waals surface area (Å²) in [5.41, 5.74) is 19.4. The largest absolute Gasteiger partial charge is 0.455 e. The maximum atomic E-state index is 7.05. The molecular weight excluding hydrogens is 781 g/mol. The molecule has 4 nitrogen and oxygen atoms in total. The van der Waals surface area contributed by atoms with Crippen molar-refractivity contribution < 1.29 is 8.83 Å². The maximum absolute atomic E-state index is 7.05. The number of anilines is 3. The molecule has 0 saturated carbocycles. The topological polar surface area (TPSA) is 42.4 Å². The van der Waals surface area contributed by atoms with Crippen LogP contribution in [0.2, 0.25) is 0 Å². The van der Waals surface area contributed by atoms with Crippen LogP contribution in [0.1, 0.15) is 22.3 Å². The lowest BCUT2D eigenvalue weighted by Crippen LogP contribution is -2.26. The van der Waals surface area contributed by atoms with Crippen LogP contribution in [0.3, 0.4) is 0 Å². The van der Waals surface area contributed by atoms with Crippen LogP contribution in [-0.2, 0) is 5.41 Å². The van der Waals surface area contributed by atoms with E-state index in [9.17, 15) is 0 Å². The quantitative estimate of drug-likeness (QED) is 0.174. The summed E-state index contributed by atoms with van der Waals surface area (Å²) in [6.07, 6.45) is 0. The van der Waals surface area contributed by atoms with Crippen molar-refractivity contribution in [3.63, 3.8) is 0 Å². The number of hydrogen-bond donors (Lipinski definition) is 0. The van der Waals surface area contributed by atoms with E-state index in [2.05, 4.69) is 199 Å². The predicted molar refractivity (Wildman–Crippen MR) is 261 cm³/mol. The third-order valence-corrected chi connectivity index (χ3v) is 13.7. The van der Waals surface area contributed by atoms with Crippen LogP contribution in [0.15, 0.2) is 227 Å². The molecule has 12 aromatic rings. The van der Waals surface area contributed by atoms with Crippen LogP contribution >= 0.6 is 0 Å². The second-order valence-electron chi connectivity index (χ2n) is 17.0. The van der Waals surface area contributed by atoms with Gasteiger partial charge in [-0.3, -0.25) is 0 Å². The van der Waals surface area contributed by atoms with Gasteiger partial charge in [-0.15, -0.1) is 0 Å². The fourth-order valence-corrected chi connectivity index (χ4v) is 11.1. The molecule has 64 heavy (non-hydrogen) atoms. The van der Waals surface area contributed by atoms with Gasteiger partial charge in [-0.25, -0.2) is 4.98 Å². The number of hydrogen-bond acceptors (Lipinski definition) is 4. The Labute approximate surface area is 368 Å². The average Bonchev–Trinajstić information content (AvgIpc) is 4.12. The van der Waals surface area contributed by atoms with Crippen molar-refractivity contribution in [2.75, 3.05) is 4.90 Å². The van der Waals surface area contributed by atoms with Crippen molar-refractivity contribution in [2.45, 2.75) is 5.41 Å². The highest BCUT2D eigenvalue weighted by Gasteiger charge is 2.52. The molecule has 0 bridgehead atoms. The molecule has 2 aliphatic rings. The monoisotopic (exact) mass is 816 g/mol. The second kappa shape index (κ2) is 13.3. The van der Waals surface area contributed by atoms with Crippen LogP contribution < -0.4 is 4.90 Å². The van der Waals surface area contributed by atoms with E-state index in [4.69, 9.17) is 13.8 Å². The Kier molecular flexibility index (Phi) is 7.29. The number of fused-ring (bicyclic) bond motifs is 16. The summed E-state index contributed by atoms with van der Waals surface area (Å²) in [5, 5.41) is 4.10. The van der Waals surface area contributed by atoms with Crippen molar-refractivity contribution in [1.82, 2.24) is 4.98 Å². The van der Waals surface area contributed by atoms with Crippen LogP contribution in [0.4, 0.5) is 17.1 Å². The van der Waals surface area contributed by atoms with Gasteiger partial charge in [0.05, 0.1) is 11.1 Å². The summed E-state index contributed by atoms with van der Waals surface area (Å²) >= 11 is 0. The van der Waals surface area contributed by atoms with Crippen LogP contribution in [0.5, 0.6) is 0 Å². The first-order valence-corrected chi connectivity index (χ1v) is 21.9. The number of furan rings is 1. The van der Waals surface area contributed by atoms with Crippen LogP contribution in [0.25, 0.3) is 88.6 Å². The van der Waals surface area contributed by atoms with E-state index in [1.807, 2.05) is 24.3 Å². The third kappa shape index (κ3) is 4.79. The SMILES string of the molecule is c1ccc(-c2ccc(N(c3ccc4c(c3)oc3c5ccccc5cc(-c5nc6ccccc6o5)c43)c3cccc4c3-c3ccccc3C43c4ccccc4-c4ccccc43)cc2)cc1. The lowest BCUT2D eigenvalue weighted by molar-refractivity contribution is 0.620. The zero-order valence-electron chi connectivity index (χ0n) is 34.5. The van der Waals surface area contributed by atoms with E-state index in [0.717, 1.165) is 72.0 Å². The van der Waals surface area contributed by atoms with E-state index in [0.29, 0.717) is 5.89 Å². The van der Waals surface area contributed by atoms with Crippen molar-refractivity contribution in [2.24, 2.45) is 0 Å². The smallest absolute Gasteiger partial charge is 0.228 e. The molecule has 2 aliphatic carbocycles. The molecule has 0 radical (unpaired) electrons. The Morgan fingerprint density at radius 2 is 1.03 bits per heavy atom. The molecule has 0 N–H and O–H groups in total.